The summed E-state index contributed by atoms with van der Waals surface area (Å²) in [5, 5.41) is 3.14. The summed E-state index contributed by atoms with van der Waals surface area (Å²) < 4.78 is 5.31. The summed E-state index contributed by atoms with van der Waals surface area (Å²) in [4.78, 5) is 0. The molecule has 10 heavy (non-hydrogen) atoms. The lowest BCUT2D eigenvalue weighted by Gasteiger charge is -2.23. The summed E-state index contributed by atoms with van der Waals surface area (Å²) >= 11 is 0. The molecule has 0 aliphatic rings. The van der Waals surface area contributed by atoms with Crippen molar-refractivity contribution in [3.05, 3.63) is 0 Å². The van der Waals surface area contributed by atoms with Crippen molar-refractivity contribution in [1.29, 1.82) is 0 Å². The van der Waals surface area contributed by atoms with E-state index in [0.717, 1.165) is 19.8 Å². The normalized spacial score (nSPS) is 12.0. The van der Waals surface area contributed by atoms with Gasteiger partial charge >= 0.3 is 0 Å². The van der Waals surface area contributed by atoms with Crippen molar-refractivity contribution in [2.45, 2.75) is 20.8 Å². The van der Waals surface area contributed by atoms with Crippen LogP contribution in [0.4, 0.5) is 0 Å². The fourth-order valence-electron chi connectivity index (χ4n) is 0.908. The molecule has 0 heterocycles. The summed E-state index contributed by atoms with van der Waals surface area (Å²) in [6.45, 7) is 9.07. The Balaban J connectivity index is 3.42. The zero-order chi connectivity index (χ0) is 8.04. The van der Waals surface area contributed by atoms with Crippen LogP contribution in [0.2, 0.25) is 0 Å². The monoisotopic (exact) mass is 145 g/mol. The third-order valence-electron chi connectivity index (χ3n) is 1.35. The first-order valence-corrected chi connectivity index (χ1v) is 3.85. The Morgan fingerprint density at radius 1 is 1.40 bits per heavy atom. The van der Waals surface area contributed by atoms with Crippen molar-refractivity contribution in [3.63, 3.8) is 0 Å². The first-order valence-electron chi connectivity index (χ1n) is 3.85. The summed E-state index contributed by atoms with van der Waals surface area (Å²) in [6.07, 6.45) is 0. The van der Waals surface area contributed by atoms with E-state index in [1.54, 1.807) is 0 Å². The number of ether oxygens (including phenoxy) is 1. The molecule has 0 spiro atoms. The third kappa shape index (κ3) is 4.77. The fourth-order valence-corrected chi connectivity index (χ4v) is 0.908. The molecule has 0 fully saturated rings. The van der Waals surface area contributed by atoms with Gasteiger partial charge in [0.15, 0.2) is 0 Å². The van der Waals surface area contributed by atoms with Gasteiger partial charge in [-0.15, -0.1) is 0 Å². The summed E-state index contributed by atoms with van der Waals surface area (Å²) in [6, 6.07) is 0. The molecule has 1 N–H and O–H groups in total. The second kappa shape index (κ2) is 4.69. The van der Waals surface area contributed by atoms with Gasteiger partial charge < -0.3 is 10.1 Å². The Hall–Kier alpha value is -0.0800. The van der Waals surface area contributed by atoms with E-state index >= 15 is 0 Å². The van der Waals surface area contributed by atoms with Gasteiger partial charge in [0.1, 0.15) is 0 Å². The first kappa shape index (κ1) is 9.92. The van der Waals surface area contributed by atoms with Crippen LogP contribution < -0.4 is 5.32 Å². The minimum absolute atomic E-state index is 0.269. The van der Waals surface area contributed by atoms with Crippen LogP contribution in [-0.2, 0) is 4.74 Å². The van der Waals surface area contributed by atoms with E-state index in [9.17, 15) is 0 Å². The average Bonchev–Trinajstić information content (AvgIpc) is 1.84. The van der Waals surface area contributed by atoms with Crippen molar-refractivity contribution in [2.75, 3.05) is 26.8 Å². The largest absolute Gasteiger partial charge is 0.381 e. The van der Waals surface area contributed by atoms with Gasteiger partial charge in [-0.05, 0) is 14.0 Å². The van der Waals surface area contributed by atoms with Gasteiger partial charge in [-0.25, -0.2) is 0 Å². The van der Waals surface area contributed by atoms with Crippen LogP contribution in [0.3, 0.4) is 0 Å². The molecule has 2 nitrogen and oxygen atoms in total. The second-order valence-corrected chi connectivity index (χ2v) is 3.33. The Kier molecular flexibility index (Phi) is 4.65. The molecule has 0 amide bonds. The quantitative estimate of drug-likeness (QED) is 0.629. The zero-order valence-electron chi connectivity index (χ0n) is 7.53. The highest BCUT2D eigenvalue weighted by Gasteiger charge is 2.15. The summed E-state index contributed by atoms with van der Waals surface area (Å²) in [5.41, 5.74) is 0.269. The van der Waals surface area contributed by atoms with E-state index in [0.29, 0.717) is 0 Å². The average molecular weight is 145 g/mol. The van der Waals surface area contributed by atoms with Crippen LogP contribution in [0.25, 0.3) is 0 Å². The summed E-state index contributed by atoms with van der Waals surface area (Å²) in [7, 11) is 1.97. The molecule has 0 atom stereocenters. The maximum absolute atomic E-state index is 5.31. The predicted octanol–water partition coefficient (Wildman–Crippen LogP) is 1.27. The lowest BCUT2D eigenvalue weighted by molar-refractivity contribution is 0.0717. The van der Waals surface area contributed by atoms with Gasteiger partial charge in [0.05, 0.1) is 6.61 Å². The number of hydrogen-bond donors (Lipinski definition) is 1. The van der Waals surface area contributed by atoms with Gasteiger partial charge in [0.25, 0.3) is 0 Å². The van der Waals surface area contributed by atoms with E-state index in [4.69, 9.17) is 4.74 Å². The molecule has 0 aliphatic carbocycles. The molecule has 0 rings (SSSR count). The van der Waals surface area contributed by atoms with E-state index in [1.807, 2.05) is 14.0 Å². The minimum Gasteiger partial charge on any atom is -0.381 e. The molecule has 0 saturated heterocycles. The fraction of sp³-hybridized carbons (Fsp3) is 1.00. The van der Waals surface area contributed by atoms with Crippen LogP contribution in [0, 0.1) is 5.41 Å². The smallest absolute Gasteiger partial charge is 0.0529 e. The van der Waals surface area contributed by atoms with E-state index in [-0.39, 0.29) is 5.41 Å². The van der Waals surface area contributed by atoms with Crippen molar-refractivity contribution in [2.24, 2.45) is 5.41 Å². The SMILES string of the molecule is CCOCC(C)(C)CNC. The molecule has 0 saturated carbocycles. The highest BCUT2D eigenvalue weighted by Crippen LogP contribution is 2.12. The van der Waals surface area contributed by atoms with Crippen LogP contribution in [0.15, 0.2) is 0 Å². The highest BCUT2D eigenvalue weighted by atomic mass is 16.5. The topological polar surface area (TPSA) is 21.3 Å². The van der Waals surface area contributed by atoms with Gasteiger partial charge in [-0.3, -0.25) is 0 Å². The van der Waals surface area contributed by atoms with Gasteiger partial charge in [0, 0.05) is 18.6 Å². The van der Waals surface area contributed by atoms with Gasteiger partial charge in [0.2, 0.25) is 0 Å². The van der Waals surface area contributed by atoms with Crippen LogP contribution in [-0.4, -0.2) is 26.8 Å². The lowest BCUT2D eigenvalue weighted by Crippen LogP contribution is -2.31. The molecule has 0 aromatic heterocycles. The van der Waals surface area contributed by atoms with E-state index in [1.165, 1.54) is 0 Å². The standard InChI is InChI=1S/C8H19NO/c1-5-10-7-8(2,3)6-9-4/h9H,5-7H2,1-4H3. The zero-order valence-corrected chi connectivity index (χ0v) is 7.53. The Labute approximate surface area is 64.0 Å². The van der Waals surface area contributed by atoms with Gasteiger partial charge in [-0.1, -0.05) is 13.8 Å². The Bertz CT molecular complexity index is 81.3. The lowest BCUT2D eigenvalue weighted by atomic mass is 9.95. The Morgan fingerprint density at radius 3 is 2.40 bits per heavy atom. The van der Waals surface area contributed by atoms with Crippen molar-refractivity contribution in [1.82, 2.24) is 5.32 Å². The van der Waals surface area contributed by atoms with Crippen LogP contribution in [0.1, 0.15) is 20.8 Å². The molecule has 0 aliphatic heterocycles. The van der Waals surface area contributed by atoms with Gasteiger partial charge in [-0.2, -0.15) is 0 Å². The maximum Gasteiger partial charge on any atom is 0.0529 e. The molecular weight excluding hydrogens is 126 g/mol. The van der Waals surface area contributed by atoms with Crippen molar-refractivity contribution >= 4 is 0 Å². The minimum atomic E-state index is 0.269. The molecule has 0 aromatic carbocycles. The van der Waals surface area contributed by atoms with E-state index in [2.05, 4.69) is 19.2 Å². The highest BCUT2D eigenvalue weighted by molar-refractivity contribution is 4.69. The van der Waals surface area contributed by atoms with Crippen LogP contribution in [0.5, 0.6) is 0 Å². The summed E-state index contributed by atoms with van der Waals surface area (Å²) in [5.74, 6) is 0. The van der Waals surface area contributed by atoms with Crippen molar-refractivity contribution < 1.29 is 4.74 Å². The Morgan fingerprint density at radius 2 is 2.00 bits per heavy atom. The first-order chi connectivity index (χ1) is 4.62. The predicted molar refractivity (Wildman–Crippen MR) is 44.2 cm³/mol. The molecule has 0 bridgehead atoms. The van der Waals surface area contributed by atoms with Crippen molar-refractivity contribution in [3.8, 4) is 0 Å². The molecule has 0 unspecified atom stereocenters. The number of nitrogens with one attached hydrogen (secondary N) is 1. The molecule has 62 valence electrons. The number of rotatable bonds is 5. The molecule has 0 radical (unpaired) electrons. The third-order valence-corrected chi connectivity index (χ3v) is 1.35. The van der Waals surface area contributed by atoms with Crippen LogP contribution >= 0.6 is 0 Å². The number of hydrogen-bond acceptors (Lipinski definition) is 2. The molecular formula is C8H19NO. The maximum atomic E-state index is 5.31. The second-order valence-electron chi connectivity index (χ2n) is 3.33. The van der Waals surface area contributed by atoms with E-state index < -0.39 is 0 Å². The molecule has 0 aromatic rings. The molecule has 2 heteroatoms.